The van der Waals surface area contributed by atoms with Crippen LogP contribution in [0.3, 0.4) is 0 Å². The molecule has 2 heterocycles. The van der Waals surface area contributed by atoms with Crippen LogP contribution in [-0.2, 0) is 0 Å². The molecule has 118 valence electrons. The lowest BCUT2D eigenvalue weighted by Crippen LogP contribution is -2.53. The van der Waals surface area contributed by atoms with E-state index in [9.17, 15) is 0 Å². The Morgan fingerprint density at radius 2 is 1.40 bits per heavy atom. The predicted molar refractivity (Wildman–Crippen MR) is 88.1 cm³/mol. The highest BCUT2D eigenvalue weighted by atomic mass is 15.2. The number of hydrogen-bond donors (Lipinski definition) is 0. The van der Waals surface area contributed by atoms with E-state index in [2.05, 4.69) is 51.3 Å². The molecule has 2 aliphatic rings. The van der Waals surface area contributed by atoms with Crippen molar-refractivity contribution in [1.82, 2.24) is 9.80 Å². The van der Waals surface area contributed by atoms with E-state index < -0.39 is 0 Å². The fourth-order valence-electron chi connectivity index (χ4n) is 3.95. The van der Waals surface area contributed by atoms with Crippen molar-refractivity contribution >= 4 is 0 Å². The second-order valence-corrected chi connectivity index (χ2v) is 9.09. The first kappa shape index (κ1) is 16.3. The molecule has 0 amide bonds. The van der Waals surface area contributed by atoms with Crippen LogP contribution in [0.1, 0.15) is 67.2 Å². The zero-order chi connectivity index (χ0) is 15.0. The zero-order valence-electron chi connectivity index (χ0n) is 14.7. The largest absolute Gasteiger partial charge is 0.300 e. The predicted octanol–water partition coefficient (Wildman–Crippen LogP) is 4.01. The second kappa shape index (κ2) is 5.96. The minimum absolute atomic E-state index is 0.348. The molecule has 2 fully saturated rings. The van der Waals surface area contributed by atoms with Gasteiger partial charge in [-0.25, -0.2) is 0 Å². The van der Waals surface area contributed by atoms with E-state index in [1.165, 1.54) is 51.9 Å². The molecule has 0 N–H and O–H groups in total. The summed E-state index contributed by atoms with van der Waals surface area (Å²) in [5.41, 5.74) is 0.825. The van der Waals surface area contributed by atoms with Gasteiger partial charge < -0.3 is 0 Å². The zero-order valence-corrected chi connectivity index (χ0v) is 14.7. The van der Waals surface area contributed by atoms with Crippen LogP contribution in [0.15, 0.2) is 0 Å². The normalized spacial score (nSPS) is 28.8. The van der Waals surface area contributed by atoms with Crippen molar-refractivity contribution in [3.63, 3.8) is 0 Å². The van der Waals surface area contributed by atoms with Crippen LogP contribution >= 0.6 is 0 Å². The summed E-state index contributed by atoms with van der Waals surface area (Å²) in [6, 6.07) is 0.846. The van der Waals surface area contributed by atoms with Crippen LogP contribution < -0.4 is 0 Å². The molecular weight excluding hydrogens is 244 g/mol. The molecular formula is C18H36N2. The van der Waals surface area contributed by atoms with E-state index in [0.717, 1.165) is 12.0 Å². The van der Waals surface area contributed by atoms with Gasteiger partial charge in [0.15, 0.2) is 0 Å². The Balaban J connectivity index is 1.87. The van der Waals surface area contributed by atoms with Gasteiger partial charge in [-0.05, 0) is 64.3 Å². The quantitative estimate of drug-likeness (QED) is 0.716. The lowest BCUT2D eigenvalue weighted by Gasteiger charge is -2.47. The average molecular weight is 281 g/mol. The van der Waals surface area contributed by atoms with Gasteiger partial charge in [0.2, 0.25) is 0 Å². The van der Waals surface area contributed by atoms with Gasteiger partial charge in [0.05, 0.1) is 0 Å². The Hall–Kier alpha value is -0.0800. The molecule has 0 aromatic carbocycles. The second-order valence-electron chi connectivity index (χ2n) is 9.09. The SMILES string of the molecule is CC(C)(C)C1CCCN(C2CCN(C(C)(C)C)CC2)C1. The summed E-state index contributed by atoms with van der Waals surface area (Å²) in [6.45, 7) is 19.6. The lowest BCUT2D eigenvalue weighted by molar-refractivity contribution is 0.0198. The average Bonchev–Trinajstić information content (AvgIpc) is 2.37. The fourth-order valence-corrected chi connectivity index (χ4v) is 3.95. The molecule has 2 nitrogen and oxygen atoms in total. The molecule has 1 unspecified atom stereocenters. The third-order valence-electron chi connectivity index (χ3n) is 5.61. The molecule has 0 radical (unpaired) electrons. The Morgan fingerprint density at radius 1 is 0.800 bits per heavy atom. The minimum Gasteiger partial charge on any atom is -0.300 e. The van der Waals surface area contributed by atoms with Gasteiger partial charge in [0.25, 0.3) is 0 Å². The summed E-state index contributed by atoms with van der Waals surface area (Å²) >= 11 is 0. The summed E-state index contributed by atoms with van der Waals surface area (Å²) in [4.78, 5) is 5.48. The first-order valence-corrected chi connectivity index (χ1v) is 8.67. The van der Waals surface area contributed by atoms with Gasteiger partial charge in [0.1, 0.15) is 0 Å². The molecule has 2 saturated heterocycles. The Kier molecular flexibility index (Phi) is 4.86. The molecule has 0 aromatic rings. The van der Waals surface area contributed by atoms with E-state index in [-0.39, 0.29) is 0 Å². The van der Waals surface area contributed by atoms with Gasteiger partial charge in [-0.1, -0.05) is 20.8 Å². The monoisotopic (exact) mass is 280 g/mol. The third kappa shape index (κ3) is 3.98. The summed E-state index contributed by atoms with van der Waals surface area (Å²) < 4.78 is 0. The first-order chi connectivity index (χ1) is 9.18. The molecule has 20 heavy (non-hydrogen) atoms. The summed E-state index contributed by atoms with van der Waals surface area (Å²) in [6.07, 6.45) is 5.57. The van der Waals surface area contributed by atoms with Gasteiger partial charge in [-0.3, -0.25) is 9.80 Å². The van der Waals surface area contributed by atoms with E-state index in [1.54, 1.807) is 0 Å². The van der Waals surface area contributed by atoms with Gasteiger partial charge in [0, 0.05) is 31.2 Å². The maximum Gasteiger partial charge on any atom is 0.0125 e. The molecule has 0 saturated carbocycles. The third-order valence-corrected chi connectivity index (χ3v) is 5.61. The summed E-state index contributed by atoms with van der Waals surface area (Å²) in [7, 11) is 0. The Morgan fingerprint density at radius 3 is 1.90 bits per heavy atom. The van der Waals surface area contributed by atoms with Crippen LogP contribution in [0.4, 0.5) is 0 Å². The van der Waals surface area contributed by atoms with Crippen LogP contribution in [0.2, 0.25) is 0 Å². The highest BCUT2D eigenvalue weighted by Crippen LogP contribution is 2.35. The number of hydrogen-bond acceptors (Lipinski definition) is 2. The van der Waals surface area contributed by atoms with Crippen LogP contribution in [0, 0.1) is 11.3 Å². The maximum atomic E-state index is 2.82. The number of rotatable bonds is 1. The van der Waals surface area contributed by atoms with E-state index in [1.807, 2.05) is 0 Å². The molecule has 0 spiro atoms. The van der Waals surface area contributed by atoms with Crippen LogP contribution in [0.5, 0.6) is 0 Å². The van der Waals surface area contributed by atoms with Crippen LogP contribution in [-0.4, -0.2) is 47.6 Å². The van der Waals surface area contributed by atoms with Crippen molar-refractivity contribution < 1.29 is 0 Å². The number of piperidine rings is 2. The van der Waals surface area contributed by atoms with Gasteiger partial charge in [-0.2, -0.15) is 0 Å². The van der Waals surface area contributed by atoms with Crippen molar-refractivity contribution in [3.05, 3.63) is 0 Å². The smallest absolute Gasteiger partial charge is 0.0125 e. The van der Waals surface area contributed by atoms with E-state index in [0.29, 0.717) is 11.0 Å². The van der Waals surface area contributed by atoms with Crippen molar-refractivity contribution in [1.29, 1.82) is 0 Å². The highest BCUT2D eigenvalue weighted by Gasteiger charge is 2.34. The molecule has 0 aromatic heterocycles. The van der Waals surface area contributed by atoms with Crippen molar-refractivity contribution in [2.24, 2.45) is 11.3 Å². The minimum atomic E-state index is 0.348. The van der Waals surface area contributed by atoms with E-state index >= 15 is 0 Å². The standard InChI is InChI=1S/C18H36N2/c1-17(2,3)15-8-7-11-19(14-15)16-9-12-20(13-10-16)18(4,5)6/h15-16H,7-14H2,1-6H3. The molecule has 2 aliphatic heterocycles. The molecule has 1 atom stereocenters. The molecule has 2 heteroatoms. The highest BCUT2D eigenvalue weighted by molar-refractivity contribution is 4.89. The Bertz CT molecular complexity index is 302. The van der Waals surface area contributed by atoms with Crippen LogP contribution in [0.25, 0.3) is 0 Å². The summed E-state index contributed by atoms with van der Waals surface area (Å²) in [5.74, 6) is 0.886. The van der Waals surface area contributed by atoms with Crippen molar-refractivity contribution in [3.8, 4) is 0 Å². The molecule has 0 bridgehead atoms. The topological polar surface area (TPSA) is 6.48 Å². The van der Waals surface area contributed by atoms with Crippen molar-refractivity contribution in [2.45, 2.75) is 78.8 Å². The molecule has 0 aliphatic carbocycles. The fraction of sp³-hybridized carbons (Fsp3) is 1.00. The summed E-state index contributed by atoms with van der Waals surface area (Å²) in [5, 5.41) is 0. The Labute approximate surface area is 126 Å². The van der Waals surface area contributed by atoms with Crippen molar-refractivity contribution in [2.75, 3.05) is 26.2 Å². The number of likely N-dealkylation sites (tertiary alicyclic amines) is 2. The lowest BCUT2D eigenvalue weighted by atomic mass is 9.75. The number of nitrogens with zero attached hydrogens (tertiary/aromatic N) is 2. The maximum absolute atomic E-state index is 2.82. The van der Waals surface area contributed by atoms with E-state index in [4.69, 9.17) is 0 Å². The van der Waals surface area contributed by atoms with Gasteiger partial charge >= 0.3 is 0 Å². The first-order valence-electron chi connectivity index (χ1n) is 8.67. The van der Waals surface area contributed by atoms with Gasteiger partial charge in [-0.15, -0.1) is 0 Å². The molecule has 2 rings (SSSR count).